The van der Waals surface area contributed by atoms with Crippen molar-refractivity contribution >= 4 is 15.6 Å². The van der Waals surface area contributed by atoms with Gasteiger partial charge in [-0.05, 0) is 18.6 Å². The first-order valence-corrected chi connectivity index (χ1v) is 7.39. The number of rotatable bonds is 6. The summed E-state index contributed by atoms with van der Waals surface area (Å²) in [6.45, 7) is 2.00. The molecule has 0 heterocycles. The third-order valence-corrected chi connectivity index (χ3v) is 4.05. The lowest BCUT2D eigenvalue weighted by Gasteiger charge is -2.03. The second kappa shape index (κ2) is 6.31. The molecular weight excluding hydrogens is 250 g/mol. The number of carbonyl (C=O) groups is 1. The number of benzene rings is 1. The number of carbonyl (C=O) groups excluding carboxylic acids is 1. The van der Waals surface area contributed by atoms with Crippen LogP contribution in [0.25, 0.3) is 0 Å². The molecule has 0 radical (unpaired) electrons. The Labute approximate surface area is 107 Å². The van der Waals surface area contributed by atoms with Gasteiger partial charge in [0.1, 0.15) is 5.75 Å². The summed E-state index contributed by atoms with van der Waals surface area (Å²) < 4.78 is 23.2. The van der Waals surface area contributed by atoms with E-state index in [-0.39, 0.29) is 10.7 Å². The Bertz CT molecular complexity index is 553. The summed E-state index contributed by atoms with van der Waals surface area (Å²) in [5, 5.41) is 8.42. The maximum absolute atomic E-state index is 11.7. The monoisotopic (exact) mass is 265 g/mol. The van der Waals surface area contributed by atoms with E-state index in [1.54, 1.807) is 6.07 Å². The van der Waals surface area contributed by atoms with Crippen molar-refractivity contribution < 1.29 is 13.2 Å². The Morgan fingerprint density at radius 3 is 2.39 bits per heavy atom. The van der Waals surface area contributed by atoms with Crippen LogP contribution in [-0.4, -0.2) is 20.0 Å². The highest BCUT2D eigenvalue weighted by Crippen LogP contribution is 2.14. The topological polar surface area (TPSA) is 75.0 Å². The van der Waals surface area contributed by atoms with Crippen molar-refractivity contribution in [2.75, 3.05) is 5.75 Å². The minimum Gasteiger partial charge on any atom is -0.294 e. The highest BCUT2D eigenvalue weighted by Gasteiger charge is 2.14. The molecule has 0 spiro atoms. The molecule has 1 aromatic carbocycles. The molecule has 1 aromatic rings. The normalized spacial score (nSPS) is 10.9. The van der Waals surface area contributed by atoms with Gasteiger partial charge in [0.25, 0.3) is 0 Å². The van der Waals surface area contributed by atoms with Gasteiger partial charge in [-0.15, -0.1) is 0 Å². The molecule has 0 aliphatic rings. The van der Waals surface area contributed by atoms with E-state index in [2.05, 4.69) is 0 Å². The molecule has 0 amide bonds. The van der Waals surface area contributed by atoms with Crippen LogP contribution < -0.4 is 0 Å². The number of ketones is 1. The van der Waals surface area contributed by atoms with Crippen LogP contribution in [0.5, 0.6) is 0 Å². The lowest BCUT2D eigenvalue weighted by molar-refractivity contribution is 0.0979. The smallest absolute Gasteiger partial charge is 0.191 e. The number of Topliss-reactive ketones (excluding diaryl/α,β-unsaturated/α-hetero) is 1. The largest absolute Gasteiger partial charge is 0.294 e. The van der Waals surface area contributed by atoms with Gasteiger partial charge in [-0.3, -0.25) is 4.79 Å². The van der Waals surface area contributed by atoms with Crippen molar-refractivity contribution in [3.63, 3.8) is 0 Å². The first-order chi connectivity index (χ1) is 8.51. The summed E-state index contributed by atoms with van der Waals surface area (Å²) in [5.41, 5.74) is 0.513. The summed E-state index contributed by atoms with van der Waals surface area (Å²) in [7, 11) is -3.54. The van der Waals surface area contributed by atoms with E-state index in [0.29, 0.717) is 12.0 Å². The Morgan fingerprint density at radius 2 is 1.89 bits per heavy atom. The molecule has 0 aliphatic heterocycles. The quantitative estimate of drug-likeness (QED) is 0.740. The zero-order valence-electron chi connectivity index (χ0n) is 10.2. The maximum Gasteiger partial charge on any atom is 0.191 e. The van der Waals surface area contributed by atoms with Crippen molar-refractivity contribution in [3.8, 4) is 6.07 Å². The van der Waals surface area contributed by atoms with Crippen LogP contribution in [0, 0.1) is 11.3 Å². The molecule has 0 fully saturated rings. The molecular formula is C13H15NO3S. The number of nitriles is 1. The number of nitrogens with zero attached hydrogens (tertiary/aromatic N) is 1. The van der Waals surface area contributed by atoms with Gasteiger partial charge in [0.15, 0.2) is 15.6 Å². The van der Waals surface area contributed by atoms with Crippen molar-refractivity contribution in [1.29, 1.82) is 5.26 Å². The third-order valence-electron chi connectivity index (χ3n) is 2.55. The molecule has 0 bridgehead atoms. The predicted octanol–water partition coefficient (Wildman–Crippen LogP) is 2.36. The Balaban J connectivity index is 2.87. The average molecular weight is 265 g/mol. The van der Waals surface area contributed by atoms with Gasteiger partial charge in [0, 0.05) is 12.0 Å². The molecule has 0 unspecified atom stereocenters. The fourth-order valence-electron chi connectivity index (χ4n) is 1.50. The summed E-state index contributed by atoms with van der Waals surface area (Å²) >= 11 is 0. The summed E-state index contributed by atoms with van der Waals surface area (Å²) in [4.78, 5) is 11.8. The summed E-state index contributed by atoms with van der Waals surface area (Å²) in [6.07, 6.45) is 2.24. The lowest BCUT2D eigenvalue weighted by atomic mass is 10.1. The van der Waals surface area contributed by atoms with Crippen LogP contribution >= 0.6 is 0 Å². The maximum atomic E-state index is 11.7. The van der Waals surface area contributed by atoms with Gasteiger partial charge in [-0.1, -0.05) is 25.5 Å². The molecule has 5 heteroatoms. The van der Waals surface area contributed by atoms with E-state index in [1.807, 2.05) is 6.92 Å². The van der Waals surface area contributed by atoms with E-state index >= 15 is 0 Å². The zero-order valence-corrected chi connectivity index (χ0v) is 11.0. The standard InChI is InChI=1S/C13H15NO3S/c1-2-3-4-13(15)11-5-7-12(8-6-11)18(16,17)10-9-14/h5-8H,2-4,10H2,1H3. The molecule has 1 rings (SSSR count). The second-order valence-corrected chi connectivity index (χ2v) is 5.96. The van der Waals surface area contributed by atoms with Crippen molar-refractivity contribution in [2.24, 2.45) is 0 Å². The SMILES string of the molecule is CCCCC(=O)c1ccc(S(=O)(=O)CC#N)cc1. The molecule has 0 aromatic heterocycles. The van der Waals surface area contributed by atoms with E-state index < -0.39 is 15.6 Å². The Morgan fingerprint density at radius 1 is 1.28 bits per heavy atom. The van der Waals surface area contributed by atoms with Crippen LogP contribution in [-0.2, 0) is 9.84 Å². The van der Waals surface area contributed by atoms with Crippen LogP contribution in [0.2, 0.25) is 0 Å². The van der Waals surface area contributed by atoms with Crippen LogP contribution in [0.15, 0.2) is 29.2 Å². The van der Waals surface area contributed by atoms with Gasteiger partial charge in [-0.25, -0.2) is 8.42 Å². The van der Waals surface area contributed by atoms with E-state index in [9.17, 15) is 13.2 Å². The third kappa shape index (κ3) is 3.67. The zero-order chi connectivity index (χ0) is 13.6. The molecule has 0 aliphatic carbocycles. The Hall–Kier alpha value is -1.67. The molecule has 0 saturated carbocycles. The fraction of sp³-hybridized carbons (Fsp3) is 0.385. The molecule has 96 valence electrons. The molecule has 4 nitrogen and oxygen atoms in total. The van der Waals surface area contributed by atoms with Crippen molar-refractivity contribution in [2.45, 2.75) is 31.1 Å². The summed E-state index contributed by atoms with van der Waals surface area (Å²) in [6, 6.07) is 7.38. The van der Waals surface area contributed by atoms with Crippen LogP contribution in [0.1, 0.15) is 36.5 Å². The number of sulfone groups is 1. The second-order valence-electron chi connectivity index (χ2n) is 3.97. The number of unbranched alkanes of at least 4 members (excludes halogenated alkanes) is 1. The first-order valence-electron chi connectivity index (χ1n) is 5.74. The predicted molar refractivity (Wildman–Crippen MR) is 68.0 cm³/mol. The van der Waals surface area contributed by atoms with Crippen molar-refractivity contribution in [3.05, 3.63) is 29.8 Å². The van der Waals surface area contributed by atoms with Gasteiger partial charge in [-0.2, -0.15) is 5.26 Å². The van der Waals surface area contributed by atoms with E-state index in [1.165, 1.54) is 24.3 Å². The summed E-state index contributed by atoms with van der Waals surface area (Å²) in [5.74, 6) is -0.531. The molecule has 0 N–H and O–H groups in total. The highest BCUT2D eigenvalue weighted by atomic mass is 32.2. The molecule has 0 atom stereocenters. The highest BCUT2D eigenvalue weighted by molar-refractivity contribution is 7.91. The van der Waals surface area contributed by atoms with Gasteiger partial charge in [0.2, 0.25) is 0 Å². The van der Waals surface area contributed by atoms with Gasteiger partial charge >= 0.3 is 0 Å². The molecule has 0 saturated heterocycles. The average Bonchev–Trinajstić information content (AvgIpc) is 2.36. The van der Waals surface area contributed by atoms with Crippen LogP contribution in [0.3, 0.4) is 0 Å². The van der Waals surface area contributed by atoms with Crippen LogP contribution in [0.4, 0.5) is 0 Å². The van der Waals surface area contributed by atoms with Crippen molar-refractivity contribution in [1.82, 2.24) is 0 Å². The fourth-order valence-corrected chi connectivity index (χ4v) is 2.39. The number of hydrogen-bond acceptors (Lipinski definition) is 4. The van der Waals surface area contributed by atoms with Gasteiger partial charge in [0.05, 0.1) is 11.0 Å². The molecule has 18 heavy (non-hydrogen) atoms. The Kier molecular flexibility index (Phi) is 5.05. The first kappa shape index (κ1) is 14.4. The minimum atomic E-state index is -3.54. The lowest BCUT2D eigenvalue weighted by Crippen LogP contribution is -2.06. The minimum absolute atomic E-state index is 0.0149. The van der Waals surface area contributed by atoms with E-state index in [0.717, 1.165) is 12.8 Å². The number of hydrogen-bond donors (Lipinski definition) is 0. The van der Waals surface area contributed by atoms with Gasteiger partial charge < -0.3 is 0 Å². The van der Waals surface area contributed by atoms with E-state index in [4.69, 9.17) is 5.26 Å².